The Morgan fingerprint density at radius 3 is 2.85 bits per heavy atom. The van der Waals surface area contributed by atoms with Crippen LogP contribution in [0, 0.1) is 5.82 Å². The monoisotopic (exact) mass is 419 g/mol. The van der Waals surface area contributed by atoms with E-state index in [1.54, 1.807) is 12.3 Å². The van der Waals surface area contributed by atoms with Crippen LogP contribution in [0.5, 0.6) is 0 Å². The van der Waals surface area contributed by atoms with Crippen molar-refractivity contribution < 1.29 is 23.8 Å². The molecule has 1 heterocycles. The second-order valence-corrected chi connectivity index (χ2v) is 6.36. The molecular formula is C15H12Cl2FN3O4S. The predicted octanol–water partition coefficient (Wildman–Crippen LogP) is 3.84. The number of carboxylic acid groups (broad SMARTS) is 1. The van der Waals surface area contributed by atoms with Crippen LogP contribution in [0.3, 0.4) is 0 Å². The SMILES string of the molecule is CCOC(=O)Cc1csc(NN=Cc2c(Cl)c(F)cc(C(=O)O)c2Cl)n1. The number of carbonyl (C=O) groups excluding carboxylic acids is 1. The van der Waals surface area contributed by atoms with Gasteiger partial charge in [0.2, 0.25) is 5.13 Å². The van der Waals surface area contributed by atoms with E-state index in [1.165, 1.54) is 11.3 Å². The fourth-order valence-electron chi connectivity index (χ4n) is 1.84. The van der Waals surface area contributed by atoms with Crippen LogP contribution in [0.2, 0.25) is 10.0 Å². The maximum atomic E-state index is 13.7. The number of aromatic nitrogens is 1. The van der Waals surface area contributed by atoms with E-state index in [9.17, 15) is 14.0 Å². The van der Waals surface area contributed by atoms with Crippen molar-refractivity contribution in [3.8, 4) is 0 Å². The first kappa shape index (κ1) is 20.1. The number of nitrogens with one attached hydrogen (secondary N) is 1. The van der Waals surface area contributed by atoms with Gasteiger partial charge in [-0.15, -0.1) is 11.3 Å². The van der Waals surface area contributed by atoms with E-state index in [4.69, 9.17) is 33.0 Å². The molecule has 2 rings (SSSR count). The van der Waals surface area contributed by atoms with Crippen LogP contribution in [-0.4, -0.2) is 34.9 Å². The number of carboxylic acids is 1. The molecule has 0 saturated carbocycles. The summed E-state index contributed by atoms with van der Waals surface area (Å²) in [6.07, 6.45) is 1.12. The fraction of sp³-hybridized carbons (Fsp3) is 0.200. The number of benzene rings is 1. The largest absolute Gasteiger partial charge is 0.478 e. The number of esters is 1. The second-order valence-electron chi connectivity index (χ2n) is 4.75. The fourth-order valence-corrected chi connectivity index (χ4v) is 3.03. The Balaban J connectivity index is 2.13. The number of hydrazone groups is 1. The normalized spacial score (nSPS) is 10.9. The van der Waals surface area contributed by atoms with E-state index >= 15 is 0 Å². The standard InChI is InChI=1S/C15H12Cl2FN3O4S/c1-2-25-11(22)3-7-6-26-15(20-7)21-19-5-9-12(16)8(14(23)24)4-10(18)13(9)17/h4-6H,2-3H2,1H3,(H,20,21)(H,23,24). The van der Waals surface area contributed by atoms with Crippen molar-refractivity contribution in [2.24, 2.45) is 5.10 Å². The average Bonchev–Trinajstić information content (AvgIpc) is 3.01. The highest BCUT2D eigenvalue weighted by Gasteiger charge is 2.18. The van der Waals surface area contributed by atoms with E-state index in [2.05, 4.69) is 15.5 Å². The van der Waals surface area contributed by atoms with Crippen LogP contribution in [0.25, 0.3) is 0 Å². The maximum absolute atomic E-state index is 13.7. The number of aromatic carboxylic acids is 1. The van der Waals surface area contributed by atoms with Gasteiger partial charge in [-0.2, -0.15) is 5.10 Å². The summed E-state index contributed by atoms with van der Waals surface area (Å²) in [6, 6.07) is 0.736. The Labute approximate surface area is 161 Å². The lowest BCUT2D eigenvalue weighted by Gasteiger charge is -2.06. The van der Waals surface area contributed by atoms with E-state index in [1.807, 2.05) is 0 Å². The maximum Gasteiger partial charge on any atom is 0.337 e. The van der Waals surface area contributed by atoms with Crippen LogP contribution in [-0.2, 0) is 16.0 Å². The number of hydrogen-bond donors (Lipinski definition) is 2. The molecule has 0 aliphatic carbocycles. The first-order chi connectivity index (χ1) is 12.3. The van der Waals surface area contributed by atoms with Crippen LogP contribution < -0.4 is 5.43 Å². The minimum Gasteiger partial charge on any atom is -0.478 e. The lowest BCUT2D eigenvalue weighted by Crippen LogP contribution is -2.07. The van der Waals surface area contributed by atoms with Crippen molar-refractivity contribution >= 4 is 57.8 Å². The minimum atomic E-state index is -1.39. The molecule has 7 nitrogen and oxygen atoms in total. The minimum absolute atomic E-state index is 0.0270. The zero-order chi connectivity index (χ0) is 19.3. The van der Waals surface area contributed by atoms with Gasteiger partial charge in [-0.1, -0.05) is 23.2 Å². The number of carbonyl (C=O) groups is 2. The molecule has 138 valence electrons. The Hall–Kier alpha value is -2.23. The van der Waals surface area contributed by atoms with E-state index in [0.717, 1.165) is 12.3 Å². The lowest BCUT2D eigenvalue weighted by molar-refractivity contribution is -0.142. The van der Waals surface area contributed by atoms with Crippen molar-refractivity contribution in [3.05, 3.63) is 44.1 Å². The van der Waals surface area contributed by atoms with Crippen LogP contribution in [0.1, 0.15) is 28.5 Å². The Kier molecular flexibility index (Phi) is 6.90. The molecular weight excluding hydrogens is 408 g/mol. The number of thiazole rings is 1. The highest BCUT2D eigenvalue weighted by Crippen LogP contribution is 2.29. The molecule has 1 aromatic heterocycles. The van der Waals surface area contributed by atoms with Gasteiger partial charge in [0, 0.05) is 10.9 Å². The zero-order valence-electron chi connectivity index (χ0n) is 13.3. The molecule has 0 aliphatic heterocycles. The van der Waals surface area contributed by atoms with E-state index in [-0.39, 0.29) is 28.6 Å². The van der Waals surface area contributed by atoms with Crippen molar-refractivity contribution in [2.75, 3.05) is 12.0 Å². The van der Waals surface area contributed by atoms with Gasteiger partial charge < -0.3 is 9.84 Å². The molecule has 0 spiro atoms. The molecule has 0 amide bonds. The molecule has 0 bridgehead atoms. The van der Waals surface area contributed by atoms with Crippen molar-refractivity contribution in [3.63, 3.8) is 0 Å². The first-order valence-corrected chi connectivity index (χ1v) is 8.76. The van der Waals surface area contributed by atoms with Crippen LogP contribution in [0.15, 0.2) is 16.5 Å². The molecule has 2 aromatic rings. The van der Waals surface area contributed by atoms with Gasteiger partial charge in [-0.3, -0.25) is 10.2 Å². The van der Waals surface area contributed by atoms with Gasteiger partial charge in [0.05, 0.1) is 40.5 Å². The molecule has 0 fully saturated rings. The van der Waals surface area contributed by atoms with Gasteiger partial charge >= 0.3 is 11.9 Å². The number of ether oxygens (including phenoxy) is 1. The molecule has 0 radical (unpaired) electrons. The smallest absolute Gasteiger partial charge is 0.337 e. The summed E-state index contributed by atoms with van der Waals surface area (Å²) in [6.45, 7) is 1.99. The first-order valence-electron chi connectivity index (χ1n) is 7.13. The molecule has 0 aliphatic rings. The quantitative estimate of drug-likeness (QED) is 0.306. The highest BCUT2D eigenvalue weighted by atomic mass is 35.5. The van der Waals surface area contributed by atoms with Crippen LogP contribution in [0.4, 0.5) is 9.52 Å². The molecule has 1 aromatic carbocycles. The number of halogens is 3. The molecule has 11 heteroatoms. The second kappa shape index (κ2) is 8.93. The third-order valence-electron chi connectivity index (χ3n) is 2.96. The Bertz CT molecular complexity index is 873. The summed E-state index contributed by atoms with van der Waals surface area (Å²) in [5, 5.41) is 14.3. The average molecular weight is 420 g/mol. The summed E-state index contributed by atoms with van der Waals surface area (Å²) in [4.78, 5) is 26.6. The molecule has 2 N–H and O–H groups in total. The number of anilines is 1. The van der Waals surface area contributed by atoms with E-state index in [0.29, 0.717) is 10.8 Å². The molecule has 0 saturated heterocycles. The lowest BCUT2D eigenvalue weighted by atomic mass is 10.1. The summed E-state index contributed by atoms with van der Waals surface area (Å²) < 4.78 is 18.6. The molecule has 26 heavy (non-hydrogen) atoms. The summed E-state index contributed by atoms with van der Waals surface area (Å²) >= 11 is 12.9. The van der Waals surface area contributed by atoms with Crippen molar-refractivity contribution in [1.82, 2.24) is 4.98 Å². The third-order valence-corrected chi connectivity index (χ3v) is 4.54. The van der Waals surface area contributed by atoms with Crippen molar-refractivity contribution in [1.29, 1.82) is 0 Å². The van der Waals surface area contributed by atoms with Gasteiger partial charge in [0.25, 0.3) is 0 Å². The third kappa shape index (κ3) is 4.90. The van der Waals surface area contributed by atoms with E-state index < -0.39 is 23.3 Å². The van der Waals surface area contributed by atoms with Crippen molar-refractivity contribution in [2.45, 2.75) is 13.3 Å². The highest BCUT2D eigenvalue weighted by molar-refractivity contribution is 7.13. The van der Waals surface area contributed by atoms with Gasteiger partial charge in [0.15, 0.2) is 0 Å². The van der Waals surface area contributed by atoms with Crippen LogP contribution >= 0.6 is 34.5 Å². The number of nitrogens with zero attached hydrogens (tertiary/aromatic N) is 2. The number of rotatable bonds is 7. The Morgan fingerprint density at radius 2 is 2.19 bits per heavy atom. The summed E-state index contributed by atoms with van der Waals surface area (Å²) in [7, 11) is 0. The molecule has 0 unspecified atom stereocenters. The Morgan fingerprint density at radius 1 is 1.46 bits per heavy atom. The van der Waals surface area contributed by atoms with Gasteiger partial charge in [-0.25, -0.2) is 14.2 Å². The predicted molar refractivity (Wildman–Crippen MR) is 97.0 cm³/mol. The van der Waals surface area contributed by atoms with Gasteiger partial charge in [0.1, 0.15) is 5.82 Å². The summed E-state index contributed by atoms with van der Waals surface area (Å²) in [5.41, 5.74) is 2.57. The van der Waals surface area contributed by atoms with Gasteiger partial charge in [-0.05, 0) is 13.0 Å². The topological polar surface area (TPSA) is 101 Å². The molecule has 0 atom stereocenters. The zero-order valence-corrected chi connectivity index (χ0v) is 15.6. The summed E-state index contributed by atoms with van der Waals surface area (Å²) in [5.74, 6) is -2.72. The number of hydrogen-bond acceptors (Lipinski definition) is 7.